The number of nitrogens with one attached hydrogen (secondary N) is 1. The highest BCUT2D eigenvalue weighted by atomic mass is 32.2. The lowest BCUT2D eigenvalue weighted by molar-refractivity contribution is 0.291. The molecule has 0 saturated carbocycles. The molecule has 1 aromatic carbocycles. The van der Waals surface area contributed by atoms with Gasteiger partial charge in [0.25, 0.3) is 0 Å². The van der Waals surface area contributed by atoms with Crippen molar-refractivity contribution in [2.75, 3.05) is 12.9 Å². The summed E-state index contributed by atoms with van der Waals surface area (Å²) in [4.78, 5) is 0.213. The van der Waals surface area contributed by atoms with Gasteiger partial charge in [0.15, 0.2) is 9.84 Å². The lowest BCUT2D eigenvalue weighted by Gasteiger charge is -2.12. The van der Waals surface area contributed by atoms with E-state index < -0.39 is 9.84 Å². The first-order valence-electron chi connectivity index (χ1n) is 5.07. The number of nitrogens with two attached hydrogens (primary N) is 1. The molecule has 0 fully saturated rings. The first-order chi connectivity index (χ1) is 7.80. The van der Waals surface area contributed by atoms with E-state index in [-0.39, 0.29) is 23.3 Å². The Kier molecular flexibility index (Phi) is 4.11. The van der Waals surface area contributed by atoms with E-state index in [9.17, 15) is 8.42 Å². The van der Waals surface area contributed by atoms with Crippen LogP contribution < -0.4 is 10.5 Å². The number of hydrogen-bond acceptors (Lipinski definition) is 4. The zero-order valence-electron chi connectivity index (χ0n) is 9.80. The third kappa shape index (κ3) is 4.07. The lowest BCUT2D eigenvalue weighted by Crippen LogP contribution is -2.25. The number of hydrogen-bond donors (Lipinski definition) is 2. The third-order valence-corrected chi connectivity index (χ3v) is 3.37. The van der Waals surface area contributed by atoms with Gasteiger partial charge in [-0.25, -0.2) is 8.42 Å². The molecule has 0 radical (unpaired) electrons. The van der Waals surface area contributed by atoms with Gasteiger partial charge in [0.05, 0.1) is 17.3 Å². The van der Waals surface area contributed by atoms with Gasteiger partial charge >= 0.3 is 0 Å². The van der Waals surface area contributed by atoms with Crippen LogP contribution in [0.3, 0.4) is 0 Å². The van der Waals surface area contributed by atoms with Crippen molar-refractivity contribution in [3.8, 4) is 5.75 Å². The molecule has 0 bridgehead atoms. The smallest absolute Gasteiger partial charge is 0.175 e. The molecule has 5 nitrogen and oxygen atoms in total. The fraction of sp³-hybridized carbons (Fsp3) is 0.364. The van der Waals surface area contributed by atoms with E-state index in [1.54, 1.807) is 19.1 Å². The number of amidine groups is 1. The van der Waals surface area contributed by atoms with E-state index in [4.69, 9.17) is 15.9 Å². The summed E-state index contributed by atoms with van der Waals surface area (Å²) in [5.41, 5.74) is 5.31. The van der Waals surface area contributed by atoms with Crippen molar-refractivity contribution in [1.29, 1.82) is 5.41 Å². The van der Waals surface area contributed by atoms with Crippen molar-refractivity contribution in [2.45, 2.75) is 11.8 Å². The van der Waals surface area contributed by atoms with Crippen molar-refractivity contribution in [1.82, 2.24) is 0 Å². The van der Waals surface area contributed by atoms with Crippen LogP contribution in [0.1, 0.15) is 6.92 Å². The molecule has 6 heteroatoms. The Labute approximate surface area is 101 Å². The summed E-state index contributed by atoms with van der Waals surface area (Å²) in [6.45, 7) is 2.02. The van der Waals surface area contributed by atoms with E-state index in [0.717, 1.165) is 6.26 Å². The van der Waals surface area contributed by atoms with Gasteiger partial charge < -0.3 is 10.5 Å². The van der Waals surface area contributed by atoms with Gasteiger partial charge in [-0.1, -0.05) is 13.0 Å². The maximum atomic E-state index is 11.3. The van der Waals surface area contributed by atoms with Crippen LogP contribution in [0.15, 0.2) is 29.2 Å². The van der Waals surface area contributed by atoms with Crippen molar-refractivity contribution < 1.29 is 13.2 Å². The van der Waals surface area contributed by atoms with Crippen LogP contribution in [0.25, 0.3) is 0 Å². The monoisotopic (exact) mass is 256 g/mol. The molecule has 0 heterocycles. The molecule has 1 aromatic rings. The highest BCUT2D eigenvalue weighted by molar-refractivity contribution is 7.90. The molecule has 1 unspecified atom stereocenters. The topological polar surface area (TPSA) is 93.2 Å². The second kappa shape index (κ2) is 5.18. The van der Waals surface area contributed by atoms with Gasteiger partial charge in [-0.05, 0) is 18.2 Å². The summed E-state index contributed by atoms with van der Waals surface area (Å²) in [7, 11) is -3.23. The van der Waals surface area contributed by atoms with E-state index in [1.165, 1.54) is 12.1 Å². The van der Waals surface area contributed by atoms with Crippen LogP contribution in [0.5, 0.6) is 5.75 Å². The molecule has 0 amide bonds. The van der Waals surface area contributed by atoms with Crippen LogP contribution >= 0.6 is 0 Å². The molecule has 17 heavy (non-hydrogen) atoms. The number of ether oxygens (including phenoxy) is 1. The van der Waals surface area contributed by atoms with E-state index in [1.807, 2.05) is 0 Å². The van der Waals surface area contributed by atoms with Crippen molar-refractivity contribution in [3.05, 3.63) is 24.3 Å². The largest absolute Gasteiger partial charge is 0.493 e. The number of sulfone groups is 1. The normalized spacial score (nSPS) is 13.1. The predicted molar refractivity (Wildman–Crippen MR) is 66.1 cm³/mol. The average Bonchev–Trinajstić information content (AvgIpc) is 2.25. The maximum absolute atomic E-state index is 11.3. The van der Waals surface area contributed by atoms with Gasteiger partial charge in [-0.3, -0.25) is 5.41 Å². The molecule has 0 aliphatic heterocycles. The number of rotatable bonds is 5. The second-order valence-corrected chi connectivity index (χ2v) is 5.93. The lowest BCUT2D eigenvalue weighted by atomic mass is 10.2. The van der Waals surface area contributed by atoms with Crippen molar-refractivity contribution >= 4 is 15.7 Å². The van der Waals surface area contributed by atoms with Crippen LogP contribution in [0.4, 0.5) is 0 Å². The molecule has 0 spiro atoms. The Morgan fingerprint density at radius 2 is 2.18 bits per heavy atom. The van der Waals surface area contributed by atoms with Gasteiger partial charge in [-0.2, -0.15) is 0 Å². The average molecular weight is 256 g/mol. The third-order valence-electron chi connectivity index (χ3n) is 2.26. The summed E-state index contributed by atoms with van der Waals surface area (Å²) in [5.74, 6) is 0.308. The van der Waals surface area contributed by atoms with Crippen LogP contribution in [0.2, 0.25) is 0 Å². The van der Waals surface area contributed by atoms with Gasteiger partial charge in [0, 0.05) is 12.2 Å². The van der Waals surface area contributed by atoms with Crippen LogP contribution in [-0.4, -0.2) is 27.1 Å². The molecule has 0 aliphatic rings. The fourth-order valence-corrected chi connectivity index (χ4v) is 1.76. The Morgan fingerprint density at radius 3 is 2.71 bits per heavy atom. The summed E-state index contributed by atoms with van der Waals surface area (Å²) < 4.78 is 28.0. The molecule has 0 aliphatic carbocycles. The molecule has 3 N–H and O–H groups in total. The van der Waals surface area contributed by atoms with Gasteiger partial charge in [0.1, 0.15) is 5.75 Å². The molecular weight excluding hydrogens is 240 g/mol. The summed E-state index contributed by atoms with van der Waals surface area (Å²) in [6, 6.07) is 6.25. The first-order valence-corrected chi connectivity index (χ1v) is 6.96. The Morgan fingerprint density at radius 1 is 1.53 bits per heavy atom. The highest BCUT2D eigenvalue weighted by Crippen LogP contribution is 2.17. The fourth-order valence-electron chi connectivity index (χ4n) is 1.11. The Hall–Kier alpha value is -1.56. The summed E-state index contributed by atoms with van der Waals surface area (Å²) in [5, 5.41) is 7.21. The summed E-state index contributed by atoms with van der Waals surface area (Å²) >= 11 is 0. The first kappa shape index (κ1) is 13.5. The minimum absolute atomic E-state index is 0.0456. The van der Waals surface area contributed by atoms with Crippen LogP contribution in [-0.2, 0) is 9.84 Å². The zero-order valence-corrected chi connectivity index (χ0v) is 10.6. The standard InChI is InChI=1S/C11H16N2O3S/c1-8(11(12)13)7-16-9-4-3-5-10(6-9)17(2,14)15/h3-6,8H,7H2,1-2H3,(H3,12,13). The van der Waals surface area contributed by atoms with Crippen molar-refractivity contribution in [2.24, 2.45) is 11.7 Å². The zero-order chi connectivity index (χ0) is 13.1. The molecule has 1 atom stereocenters. The minimum Gasteiger partial charge on any atom is -0.493 e. The molecule has 94 valence electrons. The molecule has 0 aromatic heterocycles. The Balaban J connectivity index is 2.77. The molecular formula is C11H16N2O3S. The predicted octanol–water partition coefficient (Wildman–Crippen LogP) is 1.04. The van der Waals surface area contributed by atoms with Crippen LogP contribution in [0, 0.1) is 11.3 Å². The quantitative estimate of drug-likeness (QED) is 0.608. The van der Waals surface area contributed by atoms with E-state index in [0.29, 0.717) is 5.75 Å². The maximum Gasteiger partial charge on any atom is 0.175 e. The van der Waals surface area contributed by atoms with E-state index >= 15 is 0 Å². The second-order valence-electron chi connectivity index (χ2n) is 3.91. The minimum atomic E-state index is -3.23. The highest BCUT2D eigenvalue weighted by Gasteiger charge is 2.09. The Bertz CT molecular complexity index is 511. The van der Waals surface area contributed by atoms with Crippen molar-refractivity contribution in [3.63, 3.8) is 0 Å². The van der Waals surface area contributed by atoms with Gasteiger partial charge in [0.2, 0.25) is 0 Å². The van der Waals surface area contributed by atoms with E-state index in [2.05, 4.69) is 0 Å². The number of benzene rings is 1. The molecule has 1 rings (SSSR count). The SMILES string of the molecule is CC(COc1cccc(S(C)(=O)=O)c1)C(=N)N. The van der Waals surface area contributed by atoms with Gasteiger partial charge in [-0.15, -0.1) is 0 Å². The molecule has 0 saturated heterocycles. The summed E-state index contributed by atoms with van der Waals surface area (Å²) in [6.07, 6.45) is 1.14.